The Labute approximate surface area is 115 Å². The predicted octanol–water partition coefficient (Wildman–Crippen LogP) is 2.42. The molecular formula is C13H13ClN2O3. The second kappa shape index (κ2) is 5.77. The van der Waals surface area contributed by atoms with E-state index in [2.05, 4.69) is 0 Å². The second-order valence-corrected chi connectivity index (χ2v) is 4.32. The van der Waals surface area contributed by atoms with Crippen molar-refractivity contribution in [3.8, 4) is 5.75 Å². The summed E-state index contributed by atoms with van der Waals surface area (Å²) in [5.41, 5.74) is 2.72. The summed E-state index contributed by atoms with van der Waals surface area (Å²) in [6.07, 6.45) is 0. The molecule has 0 atom stereocenters. The number of carbonyl (C=O) groups excluding carboxylic acids is 1. The molecule has 0 aliphatic rings. The molecule has 1 aromatic carbocycles. The van der Waals surface area contributed by atoms with Gasteiger partial charge in [0.15, 0.2) is 5.76 Å². The van der Waals surface area contributed by atoms with E-state index in [9.17, 15) is 4.79 Å². The number of nitrogens with two attached hydrogens (primary N) is 1. The van der Waals surface area contributed by atoms with E-state index in [-0.39, 0.29) is 12.4 Å². The number of rotatable bonds is 4. The molecule has 3 N–H and O–H groups in total. The van der Waals surface area contributed by atoms with Crippen molar-refractivity contribution in [3.05, 3.63) is 52.4 Å². The van der Waals surface area contributed by atoms with Crippen LogP contribution in [0.25, 0.3) is 0 Å². The Balaban J connectivity index is 2.09. The maximum absolute atomic E-state index is 11.4. The van der Waals surface area contributed by atoms with Gasteiger partial charge in [-0.3, -0.25) is 10.2 Å². The maximum Gasteiger partial charge on any atom is 0.301 e. The first-order valence-electron chi connectivity index (χ1n) is 5.59. The maximum atomic E-state index is 11.4. The quantitative estimate of drug-likeness (QED) is 0.512. The highest BCUT2D eigenvalue weighted by molar-refractivity contribution is 6.32. The van der Waals surface area contributed by atoms with E-state index in [4.69, 9.17) is 26.6 Å². The van der Waals surface area contributed by atoms with Crippen LogP contribution in [0.1, 0.15) is 21.9 Å². The smallest absolute Gasteiger partial charge is 0.301 e. The Bertz CT molecular complexity index is 595. The van der Waals surface area contributed by atoms with E-state index in [1.54, 1.807) is 25.1 Å². The number of halogens is 1. The topological polar surface area (TPSA) is 77.5 Å². The van der Waals surface area contributed by atoms with Gasteiger partial charge in [-0.1, -0.05) is 23.7 Å². The third kappa shape index (κ3) is 3.07. The van der Waals surface area contributed by atoms with E-state index in [1.807, 2.05) is 17.6 Å². The van der Waals surface area contributed by atoms with Gasteiger partial charge in [0, 0.05) is 5.56 Å². The molecule has 1 amide bonds. The monoisotopic (exact) mass is 280 g/mol. The molecule has 0 aliphatic carbocycles. The van der Waals surface area contributed by atoms with Crippen LogP contribution in [0, 0.1) is 6.92 Å². The van der Waals surface area contributed by atoms with Crippen LogP contribution in [0.4, 0.5) is 0 Å². The van der Waals surface area contributed by atoms with Crippen molar-refractivity contribution in [2.24, 2.45) is 5.84 Å². The Morgan fingerprint density at radius 2 is 2.21 bits per heavy atom. The summed E-state index contributed by atoms with van der Waals surface area (Å²) in [7, 11) is 0. The number of aryl methyl sites for hydroxylation is 1. The van der Waals surface area contributed by atoms with Crippen LogP contribution < -0.4 is 16.0 Å². The van der Waals surface area contributed by atoms with Gasteiger partial charge in [0.1, 0.15) is 18.1 Å². The molecule has 100 valence electrons. The first-order chi connectivity index (χ1) is 9.11. The lowest BCUT2D eigenvalue weighted by atomic mass is 10.2. The van der Waals surface area contributed by atoms with E-state index in [0.717, 1.165) is 0 Å². The number of hydrogen-bond acceptors (Lipinski definition) is 4. The van der Waals surface area contributed by atoms with Gasteiger partial charge in [-0.25, -0.2) is 5.84 Å². The van der Waals surface area contributed by atoms with Gasteiger partial charge in [0.2, 0.25) is 0 Å². The summed E-state index contributed by atoms with van der Waals surface area (Å²) >= 11 is 5.96. The fourth-order valence-electron chi connectivity index (χ4n) is 1.62. The molecule has 0 bridgehead atoms. The summed E-state index contributed by atoms with van der Waals surface area (Å²) in [6.45, 7) is 1.94. The standard InChI is InChI=1S/C13H13ClN2O3/c1-8-6-9(19-12(8)13(17)16-15)7-18-11-5-3-2-4-10(11)14/h2-6H,7,15H2,1H3,(H,16,17). The molecule has 0 saturated carbocycles. The van der Waals surface area contributed by atoms with Crippen LogP contribution in [0.2, 0.25) is 5.02 Å². The fraction of sp³-hybridized carbons (Fsp3) is 0.154. The molecule has 0 saturated heterocycles. The molecule has 19 heavy (non-hydrogen) atoms. The van der Waals surface area contributed by atoms with E-state index in [0.29, 0.717) is 22.1 Å². The fourth-order valence-corrected chi connectivity index (χ4v) is 1.81. The third-order valence-corrected chi connectivity index (χ3v) is 2.82. The van der Waals surface area contributed by atoms with Crippen LogP contribution >= 0.6 is 11.6 Å². The number of benzene rings is 1. The number of hydrazine groups is 1. The minimum Gasteiger partial charge on any atom is -0.484 e. The molecule has 5 nitrogen and oxygen atoms in total. The molecule has 6 heteroatoms. The van der Waals surface area contributed by atoms with Gasteiger partial charge < -0.3 is 9.15 Å². The SMILES string of the molecule is Cc1cc(COc2ccccc2Cl)oc1C(=O)NN. The second-order valence-electron chi connectivity index (χ2n) is 3.92. The average Bonchev–Trinajstić information content (AvgIpc) is 2.78. The minimum atomic E-state index is -0.471. The van der Waals surface area contributed by atoms with Gasteiger partial charge >= 0.3 is 5.91 Å². The molecule has 0 fully saturated rings. The summed E-state index contributed by atoms with van der Waals surface area (Å²) < 4.78 is 10.9. The van der Waals surface area contributed by atoms with Gasteiger partial charge in [0.05, 0.1) is 5.02 Å². The number of amides is 1. The molecule has 0 spiro atoms. The van der Waals surface area contributed by atoms with E-state index in [1.165, 1.54) is 0 Å². The molecular weight excluding hydrogens is 268 g/mol. The van der Waals surface area contributed by atoms with Crippen LogP contribution in [0.5, 0.6) is 5.75 Å². The summed E-state index contributed by atoms with van der Waals surface area (Å²) in [4.78, 5) is 11.4. The minimum absolute atomic E-state index is 0.181. The molecule has 2 rings (SSSR count). The number of hydrogen-bond donors (Lipinski definition) is 2. The number of furan rings is 1. The average molecular weight is 281 g/mol. The number of nitrogen functional groups attached to an aromatic ring is 1. The van der Waals surface area contributed by atoms with Crippen molar-refractivity contribution in [2.45, 2.75) is 13.5 Å². The number of ether oxygens (including phenoxy) is 1. The Kier molecular flexibility index (Phi) is 4.09. The van der Waals surface area contributed by atoms with Gasteiger partial charge in [0.25, 0.3) is 0 Å². The highest BCUT2D eigenvalue weighted by atomic mass is 35.5. The lowest BCUT2D eigenvalue weighted by Gasteiger charge is -2.05. The number of nitrogens with one attached hydrogen (secondary N) is 1. The number of carbonyl (C=O) groups is 1. The van der Waals surface area contributed by atoms with Crippen molar-refractivity contribution in [1.82, 2.24) is 5.43 Å². The first-order valence-corrected chi connectivity index (χ1v) is 5.97. The molecule has 0 radical (unpaired) electrons. The van der Waals surface area contributed by atoms with Crippen LogP contribution in [0.3, 0.4) is 0 Å². The molecule has 2 aromatic rings. The van der Waals surface area contributed by atoms with Gasteiger partial charge in [-0.2, -0.15) is 0 Å². The Hall–Kier alpha value is -1.98. The zero-order chi connectivity index (χ0) is 13.8. The molecule has 0 unspecified atom stereocenters. The largest absolute Gasteiger partial charge is 0.484 e. The molecule has 1 heterocycles. The summed E-state index contributed by atoms with van der Waals surface area (Å²) in [5.74, 6) is 5.85. The van der Waals surface area contributed by atoms with Crippen molar-refractivity contribution in [1.29, 1.82) is 0 Å². The van der Waals surface area contributed by atoms with E-state index < -0.39 is 5.91 Å². The molecule has 1 aromatic heterocycles. The summed E-state index contributed by atoms with van der Waals surface area (Å²) in [6, 6.07) is 8.85. The highest BCUT2D eigenvalue weighted by Crippen LogP contribution is 2.24. The van der Waals surface area contributed by atoms with Crippen molar-refractivity contribution in [3.63, 3.8) is 0 Å². The molecule has 0 aliphatic heterocycles. The number of para-hydroxylation sites is 1. The van der Waals surface area contributed by atoms with Crippen molar-refractivity contribution >= 4 is 17.5 Å². The van der Waals surface area contributed by atoms with Gasteiger partial charge in [-0.05, 0) is 25.1 Å². The van der Waals surface area contributed by atoms with Gasteiger partial charge in [-0.15, -0.1) is 0 Å². The van der Waals surface area contributed by atoms with Crippen LogP contribution in [-0.2, 0) is 6.61 Å². The van der Waals surface area contributed by atoms with E-state index >= 15 is 0 Å². The van der Waals surface area contributed by atoms with Crippen molar-refractivity contribution < 1.29 is 13.9 Å². The summed E-state index contributed by atoms with van der Waals surface area (Å²) in [5, 5.41) is 0.519. The van der Waals surface area contributed by atoms with Crippen LogP contribution in [-0.4, -0.2) is 5.91 Å². The van der Waals surface area contributed by atoms with Crippen LogP contribution in [0.15, 0.2) is 34.7 Å². The third-order valence-electron chi connectivity index (χ3n) is 2.51. The lowest BCUT2D eigenvalue weighted by Crippen LogP contribution is -2.30. The van der Waals surface area contributed by atoms with Crippen molar-refractivity contribution in [2.75, 3.05) is 0 Å². The highest BCUT2D eigenvalue weighted by Gasteiger charge is 2.15. The lowest BCUT2D eigenvalue weighted by molar-refractivity contribution is 0.0921. The predicted molar refractivity (Wildman–Crippen MR) is 70.9 cm³/mol. The zero-order valence-corrected chi connectivity index (χ0v) is 11.0. The normalized spacial score (nSPS) is 10.3. The Morgan fingerprint density at radius 1 is 1.47 bits per heavy atom. The Morgan fingerprint density at radius 3 is 2.89 bits per heavy atom. The zero-order valence-electron chi connectivity index (χ0n) is 10.3. The first kappa shape index (κ1) is 13.5.